The van der Waals surface area contributed by atoms with Gasteiger partial charge in [-0.05, 0) is 61.1 Å². The number of hydrazine groups is 1. The fourth-order valence-corrected chi connectivity index (χ4v) is 1.89. The second-order valence-corrected chi connectivity index (χ2v) is 4.94. The van der Waals surface area contributed by atoms with Crippen molar-refractivity contribution in [1.82, 2.24) is 5.43 Å². The van der Waals surface area contributed by atoms with Gasteiger partial charge < -0.3 is 5.32 Å². The summed E-state index contributed by atoms with van der Waals surface area (Å²) in [5, 5.41) is 4.09. The van der Waals surface area contributed by atoms with Gasteiger partial charge in [-0.3, -0.25) is 10.9 Å². The van der Waals surface area contributed by atoms with Gasteiger partial charge in [0.1, 0.15) is 5.82 Å². The highest BCUT2D eigenvalue weighted by Gasteiger charge is 2.03. The monoisotopic (exact) mass is 309 g/mol. The van der Waals surface area contributed by atoms with Crippen LogP contribution in [0, 0.1) is 12.7 Å². The molecule has 104 valence electrons. The van der Waals surface area contributed by atoms with Gasteiger partial charge in [0.05, 0.1) is 5.69 Å². The average molecular weight is 310 g/mol. The van der Waals surface area contributed by atoms with Crippen LogP contribution in [0.4, 0.5) is 15.8 Å². The lowest BCUT2D eigenvalue weighted by Crippen LogP contribution is -2.33. The van der Waals surface area contributed by atoms with Gasteiger partial charge in [-0.15, -0.1) is 0 Å². The lowest BCUT2D eigenvalue weighted by atomic mass is 10.2. The molecule has 0 aromatic heterocycles. The number of anilines is 2. The van der Waals surface area contributed by atoms with Gasteiger partial charge in [0.15, 0.2) is 5.11 Å². The fraction of sp³-hybridized carbons (Fsp3) is 0.0714. The Bertz CT molecular complexity index is 616. The molecule has 0 unspecified atom stereocenters. The van der Waals surface area contributed by atoms with Gasteiger partial charge in [0.2, 0.25) is 0 Å². The van der Waals surface area contributed by atoms with E-state index < -0.39 is 0 Å². The third-order valence-corrected chi connectivity index (χ3v) is 3.29. The number of hydrogen-bond acceptors (Lipinski definition) is 2. The summed E-state index contributed by atoms with van der Waals surface area (Å²) in [5.74, 6) is -0.286. The van der Waals surface area contributed by atoms with Gasteiger partial charge in [0, 0.05) is 10.7 Å². The van der Waals surface area contributed by atoms with Crippen LogP contribution in [0.2, 0.25) is 5.02 Å². The summed E-state index contributed by atoms with van der Waals surface area (Å²) in [4.78, 5) is 0. The molecule has 0 bridgehead atoms. The molecule has 0 saturated carbocycles. The molecule has 2 aromatic carbocycles. The summed E-state index contributed by atoms with van der Waals surface area (Å²) in [7, 11) is 0. The minimum absolute atomic E-state index is 0.286. The molecule has 3 N–H and O–H groups in total. The highest BCUT2D eigenvalue weighted by atomic mass is 35.5. The molecule has 2 aromatic rings. The predicted molar refractivity (Wildman–Crippen MR) is 85.6 cm³/mol. The van der Waals surface area contributed by atoms with E-state index in [1.165, 1.54) is 12.1 Å². The molecule has 2 rings (SSSR count). The van der Waals surface area contributed by atoms with Crippen LogP contribution in [0.1, 0.15) is 5.56 Å². The highest BCUT2D eigenvalue weighted by Crippen LogP contribution is 2.22. The predicted octanol–water partition coefficient (Wildman–Crippen LogP) is 4.10. The first-order valence-electron chi connectivity index (χ1n) is 5.90. The standard InChI is InChI=1S/C14H13ClFN3S/c1-9-12(15)3-2-4-13(9)17-14(20)19-18-11-7-5-10(16)6-8-11/h2-8,18H,1H3,(H2,17,19,20). The average Bonchev–Trinajstić information content (AvgIpc) is 2.43. The molecule has 0 aliphatic carbocycles. The molecule has 6 heteroatoms. The van der Waals surface area contributed by atoms with Gasteiger partial charge in [-0.25, -0.2) is 4.39 Å². The Hall–Kier alpha value is -1.85. The molecule has 0 amide bonds. The maximum absolute atomic E-state index is 12.8. The van der Waals surface area contributed by atoms with E-state index in [2.05, 4.69) is 16.2 Å². The number of thiocarbonyl (C=S) groups is 1. The van der Waals surface area contributed by atoms with Crippen LogP contribution in [0.25, 0.3) is 0 Å². The molecular weight excluding hydrogens is 297 g/mol. The van der Waals surface area contributed by atoms with E-state index in [4.69, 9.17) is 23.8 Å². The van der Waals surface area contributed by atoms with Crippen LogP contribution < -0.4 is 16.2 Å². The van der Waals surface area contributed by atoms with Gasteiger partial charge in [-0.2, -0.15) is 0 Å². The van der Waals surface area contributed by atoms with Crippen molar-refractivity contribution in [3.63, 3.8) is 0 Å². The Morgan fingerprint density at radius 2 is 1.85 bits per heavy atom. The lowest BCUT2D eigenvalue weighted by molar-refractivity contribution is 0.628. The van der Waals surface area contributed by atoms with Crippen LogP contribution in [-0.2, 0) is 0 Å². The number of benzene rings is 2. The van der Waals surface area contributed by atoms with Crippen molar-refractivity contribution in [3.05, 3.63) is 58.9 Å². The van der Waals surface area contributed by atoms with E-state index in [0.717, 1.165) is 11.3 Å². The third-order valence-electron chi connectivity index (χ3n) is 2.68. The maximum atomic E-state index is 12.8. The normalized spacial score (nSPS) is 9.95. The minimum Gasteiger partial charge on any atom is -0.331 e. The molecule has 0 heterocycles. The highest BCUT2D eigenvalue weighted by molar-refractivity contribution is 7.80. The Morgan fingerprint density at radius 1 is 1.15 bits per heavy atom. The van der Waals surface area contributed by atoms with Crippen molar-refractivity contribution >= 4 is 40.3 Å². The molecule has 0 aliphatic rings. The molecule has 0 atom stereocenters. The molecule has 0 radical (unpaired) electrons. The first kappa shape index (κ1) is 14.6. The second-order valence-electron chi connectivity index (χ2n) is 4.12. The molecule has 0 spiro atoms. The van der Waals surface area contributed by atoms with Crippen molar-refractivity contribution in [3.8, 4) is 0 Å². The maximum Gasteiger partial charge on any atom is 0.189 e. The van der Waals surface area contributed by atoms with Crippen molar-refractivity contribution in [2.75, 3.05) is 10.7 Å². The zero-order valence-corrected chi connectivity index (χ0v) is 12.3. The van der Waals surface area contributed by atoms with Crippen molar-refractivity contribution in [2.24, 2.45) is 0 Å². The minimum atomic E-state index is -0.286. The van der Waals surface area contributed by atoms with E-state index >= 15 is 0 Å². The molecule has 0 fully saturated rings. The van der Waals surface area contributed by atoms with E-state index in [-0.39, 0.29) is 5.82 Å². The van der Waals surface area contributed by atoms with Crippen LogP contribution >= 0.6 is 23.8 Å². The number of hydrogen-bond donors (Lipinski definition) is 3. The molecule has 20 heavy (non-hydrogen) atoms. The third kappa shape index (κ3) is 3.82. The Morgan fingerprint density at radius 3 is 2.55 bits per heavy atom. The fourth-order valence-electron chi connectivity index (χ4n) is 1.56. The molecule has 0 aliphatic heterocycles. The molecule has 0 saturated heterocycles. The second kappa shape index (κ2) is 6.54. The van der Waals surface area contributed by atoms with E-state index in [0.29, 0.717) is 15.8 Å². The first-order chi connectivity index (χ1) is 9.56. The largest absolute Gasteiger partial charge is 0.331 e. The molecular formula is C14H13ClFN3S. The van der Waals surface area contributed by atoms with E-state index in [1.807, 2.05) is 25.1 Å². The van der Waals surface area contributed by atoms with Crippen molar-refractivity contribution in [2.45, 2.75) is 6.92 Å². The number of rotatable bonds is 3. The van der Waals surface area contributed by atoms with Gasteiger partial charge >= 0.3 is 0 Å². The van der Waals surface area contributed by atoms with Gasteiger partial charge in [-0.1, -0.05) is 17.7 Å². The lowest BCUT2D eigenvalue weighted by Gasteiger charge is -2.14. The van der Waals surface area contributed by atoms with Crippen LogP contribution in [0.3, 0.4) is 0 Å². The Labute approximate surface area is 127 Å². The Balaban J connectivity index is 1.92. The summed E-state index contributed by atoms with van der Waals surface area (Å²) in [6, 6.07) is 11.5. The van der Waals surface area contributed by atoms with Gasteiger partial charge in [0.25, 0.3) is 0 Å². The summed E-state index contributed by atoms with van der Waals surface area (Å²) in [6.07, 6.45) is 0. The number of nitrogens with one attached hydrogen (secondary N) is 3. The molecule has 3 nitrogen and oxygen atoms in total. The first-order valence-corrected chi connectivity index (χ1v) is 6.68. The van der Waals surface area contributed by atoms with Crippen LogP contribution in [-0.4, -0.2) is 5.11 Å². The van der Waals surface area contributed by atoms with Crippen LogP contribution in [0.15, 0.2) is 42.5 Å². The summed E-state index contributed by atoms with van der Waals surface area (Å²) < 4.78 is 12.8. The summed E-state index contributed by atoms with van der Waals surface area (Å²) in [6.45, 7) is 1.90. The zero-order chi connectivity index (χ0) is 14.5. The zero-order valence-electron chi connectivity index (χ0n) is 10.7. The summed E-state index contributed by atoms with van der Waals surface area (Å²) >= 11 is 11.2. The SMILES string of the molecule is Cc1c(Cl)cccc1NC(=S)NNc1ccc(F)cc1. The van der Waals surface area contributed by atoms with E-state index in [9.17, 15) is 4.39 Å². The Kier molecular flexibility index (Phi) is 4.76. The smallest absolute Gasteiger partial charge is 0.189 e. The number of halogens is 2. The van der Waals surface area contributed by atoms with Crippen molar-refractivity contribution < 1.29 is 4.39 Å². The van der Waals surface area contributed by atoms with Crippen molar-refractivity contribution in [1.29, 1.82) is 0 Å². The van der Waals surface area contributed by atoms with E-state index in [1.54, 1.807) is 12.1 Å². The van der Waals surface area contributed by atoms with Crippen LogP contribution in [0.5, 0.6) is 0 Å². The topological polar surface area (TPSA) is 36.1 Å². The summed E-state index contributed by atoms with van der Waals surface area (Å²) in [5.41, 5.74) is 8.14. The quantitative estimate of drug-likeness (QED) is 0.589.